The number of aliphatic imine (C=N–C) groups is 1. The summed E-state index contributed by atoms with van der Waals surface area (Å²) in [6.07, 6.45) is 2.47. The largest absolute Gasteiger partial charge is 0.235 e. The van der Waals surface area contributed by atoms with Crippen LogP contribution in [-0.4, -0.2) is 6.08 Å². The van der Waals surface area contributed by atoms with Gasteiger partial charge in [0, 0.05) is 0 Å². The van der Waals surface area contributed by atoms with Crippen LogP contribution in [0.3, 0.4) is 0 Å². The average molecular weight is 189 g/mol. The molecule has 0 saturated carbocycles. The number of benzene rings is 1. The van der Waals surface area contributed by atoms with Gasteiger partial charge in [-0.2, -0.15) is 4.99 Å². The third-order valence-electron chi connectivity index (χ3n) is 2.39. The zero-order valence-electron chi connectivity index (χ0n) is 8.87. The lowest BCUT2D eigenvalue weighted by Gasteiger charge is -2.12. The van der Waals surface area contributed by atoms with Gasteiger partial charge in [-0.15, -0.1) is 0 Å². The Balaban J connectivity index is 3.14. The normalized spacial score (nSPS) is 11.9. The Morgan fingerprint density at radius 3 is 2.71 bits per heavy atom. The highest BCUT2D eigenvalue weighted by Crippen LogP contribution is 2.24. The summed E-state index contributed by atoms with van der Waals surface area (Å²) in [5.41, 5.74) is 3.52. The highest BCUT2D eigenvalue weighted by molar-refractivity contribution is 5.38. The Kier molecular flexibility index (Phi) is 3.61. The highest BCUT2D eigenvalue weighted by Gasteiger charge is 2.10. The minimum absolute atomic E-state index is 0.0348. The molecule has 1 unspecified atom stereocenters. The first-order chi connectivity index (χ1) is 6.69. The van der Waals surface area contributed by atoms with Crippen molar-refractivity contribution in [3.63, 3.8) is 0 Å². The molecule has 0 fully saturated rings. The minimum atomic E-state index is -0.0348. The van der Waals surface area contributed by atoms with E-state index in [0.717, 1.165) is 12.0 Å². The zero-order chi connectivity index (χ0) is 10.6. The summed E-state index contributed by atoms with van der Waals surface area (Å²) in [6, 6.07) is 6.18. The maximum Gasteiger partial charge on any atom is 0.235 e. The van der Waals surface area contributed by atoms with E-state index in [4.69, 9.17) is 0 Å². The second-order valence-electron chi connectivity index (χ2n) is 3.50. The number of hydrogen-bond donors (Lipinski definition) is 0. The van der Waals surface area contributed by atoms with Crippen molar-refractivity contribution in [3.8, 4) is 0 Å². The number of aryl methyl sites for hydroxylation is 2. The molecule has 1 atom stereocenters. The van der Waals surface area contributed by atoms with Gasteiger partial charge in [0.05, 0.1) is 6.04 Å². The summed E-state index contributed by atoms with van der Waals surface area (Å²) in [5, 5.41) is 0. The van der Waals surface area contributed by atoms with Crippen molar-refractivity contribution in [1.29, 1.82) is 0 Å². The quantitative estimate of drug-likeness (QED) is 0.530. The SMILES string of the molecule is CCC(N=C=O)c1cc(C)ccc1C. The van der Waals surface area contributed by atoms with Crippen LogP contribution in [0.4, 0.5) is 0 Å². The molecule has 2 heteroatoms. The predicted molar refractivity (Wildman–Crippen MR) is 57.1 cm³/mol. The Bertz CT molecular complexity index is 365. The number of rotatable bonds is 3. The molecule has 0 aromatic heterocycles. The maximum atomic E-state index is 10.3. The second-order valence-corrected chi connectivity index (χ2v) is 3.50. The molecule has 1 rings (SSSR count). The van der Waals surface area contributed by atoms with Crippen LogP contribution in [0.2, 0.25) is 0 Å². The summed E-state index contributed by atoms with van der Waals surface area (Å²) >= 11 is 0. The van der Waals surface area contributed by atoms with Gasteiger partial charge < -0.3 is 0 Å². The molecule has 0 bridgehead atoms. The average Bonchev–Trinajstić information content (AvgIpc) is 2.18. The highest BCUT2D eigenvalue weighted by atomic mass is 16.1. The molecule has 1 aromatic carbocycles. The van der Waals surface area contributed by atoms with Gasteiger partial charge in [0.2, 0.25) is 6.08 Å². The van der Waals surface area contributed by atoms with E-state index in [9.17, 15) is 4.79 Å². The Morgan fingerprint density at radius 2 is 2.14 bits per heavy atom. The van der Waals surface area contributed by atoms with Gasteiger partial charge in [-0.3, -0.25) is 0 Å². The van der Waals surface area contributed by atoms with Gasteiger partial charge in [0.25, 0.3) is 0 Å². The van der Waals surface area contributed by atoms with E-state index in [-0.39, 0.29) is 6.04 Å². The molecule has 74 valence electrons. The fourth-order valence-corrected chi connectivity index (χ4v) is 1.56. The molecule has 1 aromatic rings. The van der Waals surface area contributed by atoms with Gasteiger partial charge >= 0.3 is 0 Å². The van der Waals surface area contributed by atoms with E-state index >= 15 is 0 Å². The van der Waals surface area contributed by atoms with Gasteiger partial charge in [-0.1, -0.05) is 30.7 Å². The van der Waals surface area contributed by atoms with Gasteiger partial charge in [0.1, 0.15) is 0 Å². The van der Waals surface area contributed by atoms with Crippen molar-refractivity contribution >= 4 is 6.08 Å². The Morgan fingerprint density at radius 1 is 1.43 bits per heavy atom. The molecule has 0 spiro atoms. The molecule has 0 aliphatic carbocycles. The summed E-state index contributed by atoms with van der Waals surface area (Å²) < 4.78 is 0. The first kappa shape index (κ1) is 10.7. The molecule has 0 heterocycles. The molecule has 0 amide bonds. The molecular weight excluding hydrogens is 174 g/mol. The van der Waals surface area contributed by atoms with Crippen molar-refractivity contribution in [3.05, 3.63) is 34.9 Å². The smallest absolute Gasteiger partial charge is 0.211 e. The number of hydrogen-bond acceptors (Lipinski definition) is 2. The summed E-state index contributed by atoms with van der Waals surface area (Å²) in [6.45, 7) is 6.10. The standard InChI is InChI=1S/C12H15NO/c1-4-12(13-8-14)11-7-9(2)5-6-10(11)3/h5-7,12H,4H2,1-3H3. The first-order valence-corrected chi connectivity index (χ1v) is 4.83. The molecule has 0 saturated heterocycles. The second kappa shape index (κ2) is 4.73. The molecule has 14 heavy (non-hydrogen) atoms. The van der Waals surface area contributed by atoms with E-state index in [1.165, 1.54) is 11.1 Å². The zero-order valence-corrected chi connectivity index (χ0v) is 8.87. The van der Waals surface area contributed by atoms with Crippen molar-refractivity contribution in [1.82, 2.24) is 0 Å². The van der Waals surface area contributed by atoms with Crippen molar-refractivity contribution in [2.75, 3.05) is 0 Å². The van der Waals surface area contributed by atoms with Crippen molar-refractivity contribution in [2.45, 2.75) is 33.2 Å². The van der Waals surface area contributed by atoms with Crippen LogP contribution in [0.5, 0.6) is 0 Å². The third-order valence-corrected chi connectivity index (χ3v) is 2.39. The topological polar surface area (TPSA) is 29.4 Å². The first-order valence-electron chi connectivity index (χ1n) is 4.83. The number of nitrogens with zero attached hydrogens (tertiary/aromatic N) is 1. The maximum absolute atomic E-state index is 10.3. The third kappa shape index (κ3) is 2.30. The summed E-state index contributed by atoms with van der Waals surface area (Å²) in [7, 11) is 0. The molecular formula is C12H15NO. The van der Waals surface area contributed by atoms with E-state index in [2.05, 4.69) is 23.2 Å². The van der Waals surface area contributed by atoms with Crippen LogP contribution in [-0.2, 0) is 4.79 Å². The molecule has 0 aliphatic heterocycles. The lowest BCUT2D eigenvalue weighted by Crippen LogP contribution is -1.97. The summed E-state index contributed by atoms with van der Waals surface area (Å²) in [5.74, 6) is 0. The van der Waals surface area contributed by atoms with Crippen molar-refractivity contribution < 1.29 is 4.79 Å². The summed E-state index contributed by atoms with van der Waals surface area (Å²) in [4.78, 5) is 14.1. The fraction of sp³-hybridized carbons (Fsp3) is 0.417. The van der Waals surface area contributed by atoms with Crippen LogP contribution in [0.1, 0.15) is 36.1 Å². The predicted octanol–water partition coefficient (Wildman–Crippen LogP) is 3.09. The van der Waals surface area contributed by atoms with E-state index in [0.29, 0.717) is 0 Å². The lowest BCUT2D eigenvalue weighted by molar-refractivity contribution is 0.555. The fourth-order valence-electron chi connectivity index (χ4n) is 1.56. The van der Waals surface area contributed by atoms with E-state index in [1.54, 1.807) is 6.08 Å². The Hall–Kier alpha value is -1.40. The van der Waals surface area contributed by atoms with Crippen LogP contribution in [0, 0.1) is 13.8 Å². The van der Waals surface area contributed by atoms with E-state index in [1.807, 2.05) is 20.8 Å². The van der Waals surface area contributed by atoms with Gasteiger partial charge in [-0.05, 0) is 31.4 Å². The van der Waals surface area contributed by atoms with Crippen LogP contribution < -0.4 is 0 Å². The molecule has 0 aliphatic rings. The molecule has 0 radical (unpaired) electrons. The van der Waals surface area contributed by atoms with Gasteiger partial charge in [0.15, 0.2) is 0 Å². The van der Waals surface area contributed by atoms with Crippen LogP contribution in [0.25, 0.3) is 0 Å². The molecule has 0 N–H and O–H groups in total. The number of isocyanates is 1. The van der Waals surface area contributed by atoms with Crippen LogP contribution >= 0.6 is 0 Å². The monoisotopic (exact) mass is 189 g/mol. The van der Waals surface area contributed by atoms with E-state index < -0.39 is 0 Å². The lowest BCUT2D eigenvalue weighted by atomic mass is 9.98. The minimum Gasteiger partial charge on any atom is -0.211 e. The van der Waals surface area contributed by atoms with Gasteiger partial charge in [-0.25, -0.2) is 4.79 Å². The van der Waals surface area contributed by atoms with Crippen molar-refractivity contribution in [2.24, 2.45) is 4.99 Å². The molecule has 2 nitrogen and oxygen atoms in total. The van der Waals surface area contributed by atoms with Crippen LogP contribution in [0.15, 0.2) is 23.2 Å². The Labute approximate surface area is 84.7 Å². The number of carbonyl (C=O) groups excluding carboxylic acids is 1.